The Labute approximate surface area is 164 Å². The highest BCUT2D eigenvalue weighted by Crippen LogP contribution is 2.26. The lowest BCUT2D eigenvalue weighted by atomic mass is 10.2. The van der Waals surface area contributed by atoms with Crippen molar-refractivity contribution in [1.29, 1.82) is 0 Å². The van der Waals surface area contributed by atoms with Gasteiger partial charge in [-0.15, -0.1) is 0 Å². The molecule has 144 valence electrons. The third kappa shape index (κ3) is 6.49. The monoisotopic (exact) mass is 390 g/mol. The normalized spacial score (nSPS) is 11.9. The molecule has 0 saturated carbocycles. The predicted molar refractivity (Wildman–Crippen MR) is 106 cm³/mol. The Morgan fingerprint density at radius 2 is 1.96 bits per heavy atom. The van der Waals surface area contributed by atoms with Crippen molar-refractivity contribution in [2.24, 2.45) is 5.10 Å². The molecule has 2 aromatic carbocycles. The van der Waals surface area contributed by atoms with E-state index >= 15 is 0 Å². The van der Waals surface area contributed by atoms with E-state index in [1.165, 1.54) is 13.3 Å². The van der Waals surface area contributed by atoms with Crippen molar-refractivity contribution in [3.8, 4) is 17.2 Å². The number of para-hydroxylation sites is 2. The second-order valence-electron chi connectivity index (χ2n) is 5.76. The first-order chi connectivity index (χ1) is 13.0. The highest BCUT2D eigenvalue weighted by molar-refractivity contribution is 6.32. The second-order valence-corrected chi connectivity index (χ2v) is 6.17. The van der Waals surface area contributed by atoms with Gasteiger partial charge < -0.3 is 14.2 Å². The molecule has 0 radical (unpaired) electrons. The molecule has 0 heterocycles. The summed E-state index contributed by atoms with van der Waals surface area (Å²) in [6.07, 6.45) is 2.48. The van der Waals surface area contributed by atoms with Crippen molar-refractivity contribution >= 4 is 23.7 Å². The van der Waals surface area contributed by atoms with Gasteiger partial charge in [0.05, 0.1) is 24.5 Å². The minimum atomic E-state index is -0.389. The number of hydrazone groups is 1. The van der Waals surface area contributed by atoms with Gasteiger partial charge in [0, 0.05) is 0 Å². The van der Waals surface area contributed by atoms with Crippen molar-refractivity contribution in [1.82, 2.24) is 5.43 Å². The number of nitrogens with one attached hydrogen (secondary N) is 1. The number of hydrogen-bond donors (Lipinski definition) is 1. The van der Waals surface area contributed by atoms with Gasteiger partial charge >= 0.3 is 0 Å². The van der Waals surface area contributed by atoms with Gasteiger partial charge in [0.25, 0.3) is 5.91 Å². The first-order valence-electron chi connectivity index (χ1n) is 8.57. The molecule has 0 aliphatic carbocycles. The number of carbonyl (C=O) groups excluding carboxylic acids is 1. The van der Waals surface area contributed by atoms with Crippen LogP contribution in [0.1, 0.15) is 25.8 Å². The molecule has 0 aliphatic heterocycles. The van der Waals surface area contributed by atoms with Gasteiger partial charge in [-0.25, -0.2) is 5.43 Å². The average Bonchev–Trinajstić information content (AvgIpc) is 2.68. The van der Waals surface area contributed by atoms with E-state index in [2.05, 4.69) is 10.5 Å². The highest BCUT2D eigenvalue weighted by atomic mass is 35.5. The van der Waals surface area contributed by atoms with Crippen molar-refractivity contribution < 1.29 is 19.0 Å². The van der Waals surface area contributed by atoms with E-state index in [0.717, 1.165) is 12.0 Å². The lowest BCUT2D eigenvalue weighted by molar-refractivity contribution is -0.123. The Kier molecular flexibility index (Phi) is 7.95. The lowest BCUT2D eigenvalue weighted by Gasteiger charge is -2.13. The van der Waals surface area contributed by atoms with Crippen LogP contribution in [0.3, 0.4) is 0 Å². The van der Waals surface area contributed by atoms with Crippen molar-refractivity contribution in [3.05, 3.63) is 53.1 Å². The molecular formula is C20H23ClN2O4. The molecule has 0 fully saturated rings. The van der Waals surface area contributed by atoms with Crippen molar-refractivity contribution in [2.45, 2.75) is 26.4 Å². The molecular weight excluding hydrogens is 368 g/mol. The van der Waals surface area contributed by atoms with Gasteiger partial charge in [-0.3, -0.25) is 4.79 Å². The maximum atomic E-state index is 11.8. The molecule has 1 atom stereocenters. The van der Waals surface area contributed by atoms with Gasteiger partial charge in [0.1, 0.15) is 5.75 Å². The smallest absolute Gasteiger partial charge is 0.277 e. The summed E-state index contributed by atoms with van der Waals surface area (Å²) in [6.45, 7) is 3.84. The number of benzene rings is 2. The summed E-state index contributed by atoms with van der Waals surface area (Å²) in [7, 11) is 1.54. The fourth-order valence-corrected chi connectivity index (χ4v) is 2.32. The number of halogens is 1. The average molecular weight is 391 g/mol. The number of nitrogens with zero attached hydrogens (tertiary/aromatic N) is 1. The second kappa shape index (κ2) is 10.4. The zero-order chi connectivity index (χ0) is 19.6. The van der Waals surface area contributed by atoms with Crippen LogP contribution < -0.4 is 19.6 Å². The molecule has 2 aromatic rings. The van der Waals surface area contributed by atoms with Gasteiger partial charge in [-0.05, 0) is 49.2 Å². The van der Waals surface area contributed by atoms with Gasteiger partial charge in [-0.1, -0.05) is 30.7 Å². The van der Waals surface area contributed by atoms with E-state index in [1.54, 1.807) is 30.3 Å². The number of ether oxygens (including phenoxy) is 3. The third-order valence-electron chi connectivity index (χ3n) is 3.69. The van der Waals surface area contributed by atoms with Crippen molar-refractivity contribution in [3.63, 3.8) is 0 Å². The molecule has 0 aromatic heterocycles. The van der Waals surface area contributed by atoms with Crippen LogP contribution in [0.15, 0.2) is 47.6 Å². The molecule has 6 nitrogen and oxygen atoms in total. The number of carbonyl (C=O) groups is 1. The quantitative estimate of drug-likeness (QED) is 0.518. The lowest BCUT2D eigenvalue weighted by Crippen LogP contribution is -2.24. The van der Waals surface area contributed by atoms with Crippen LogP contribution in [-0.2, 0) is 4.79 Å². The minimum absolute atomic E-state index is 0.0875. The van der Waals surface area contributed by atoms with Gasteiger partial charge in [0.2, 0.25) is 0 Å². The van der Waals surface area contributed by atoms with Crippen molar-refractivity contribution in [2.75, 3.05) is 13.7 Å². The number of amides is 1. The van der Waals surface area contributed by atoms with E-state index in [0.29, 0.717) is 22.3 Å². The maximum absolute atomic E-state index is 11.8. The first-order valence-corrected chi connectivity index (χ1v) is 8.95. The fraction of sp³-hybridized carbons (Fsp3) is 0.300. The molecule has 0 unspecified atom stereocenters. The van der Waals surface area contributed by atoms with Crippen LogP contribution in [0.2, 0.25) is 5.02 Å². The fourth-order valence-electron chi connectivity index (χ4n) is 2.09. The summed E-state index contributed by atoms with van der Waals surface area (Å²) in [6, 6.07) is 12.4. The Bertz CT molecular complexity index is 795. The number of rotatable bonds is 9. The third-order valence-corrected chi connectivity index (χ3v) is 3.99. The molecule has 0 spiro atoms. The largest absolute Gasteiger partial charge is 0.493 e. The number of methoxy groups -OCH3 is 1. The maximum Gasteiger partial charge on any atom is 0.277 e. The molecule has 1 amide bonds. The molecule has 0 aliphatic rings. The van der Waals surface area contributed by atoms with E-state index in [9.17, 15) is 4.79 Å². The summed E-state index contributed by atoms with van der Waals surface area (Å²) in [5.41, 5.74) is 3.14. The molecule has 2 rings (SSSR count). The van der Waals surface area contributed by atoms with Crippen LogP contribution in [0.5, 0.6) is 17.2 Å². The minimum Gasteiger partial charge on any atom is -0.493 e. The molecule has 7 heteroatoms. The van der Waals surface area contributed by atoms with Crippen LogP contribution >= 0.6 is 11.6 Å². The molecule has 0 saturated heterocycles. The van der Waals surface area contributed by atoms with E-state index < -0.39 is 0 Å². The molecule has 27 heavy (non-hydrogen) atoms. The Morgan fingerprint density at radius 1 is 1.22 bits per heavy atom. The SMILES string of the molecule is CC[C@H](C)Oc1ccc(/C=N/NC(=O)COc2ccccc2OC)cc1Cl. The van der Waals surface area contributed by atoms with Crippen LogP contribution in [-0.4, -0.2) is 31.9 Å². The molecule has 0 bridgehead atoms. The molecule has 1 N–H and O–H groups in total. The predicted octanol–water partition coefficient (Wildman–Crippen LogP) is 4.06. The van der Waals surface area contributed by atoms with Gasteiger partial charge in [0.15, 0.2) is 18.1 Å². The van der Waals surface area contributed by atoms with E-state index in [-0.39, 0.29) is 18.6 Å². The standard InChI is InChI=1S/C20H23ClN2O4/c1-4-14(2)27-17-10-9-15(11-16(17)21)12-22-23-20(24)13-26-19-8-6-5-7-18(19)25-3/h5-12,14H,4,13H2,1-3H3,(H,23,24)/b22-12+/t14-/m0/s1. The summed E-state index contributed by atoms with van der Waals surface area (Å²) >= 11 is 6.21. The zero-order valence-corrected chi connectivity index (χ0v) is 16.3. The summed E-state index contributed by atoms with van der Waals surface area (Å²) < 4.78 is 16.3. The highest BCUT2D eigenvalue weighted by Gasteiger charge is 2.07. The zero-order valence-electron chi connectivity index (χ0n) is 15.6. The topological polar surface area (TPSA) is 69.2 Å². The van der Waals surface area contributed by atoms with E-state index in [4.69, 9.17) is 25.8 Å². The number of hydrogen-bond acceptors (Lipinski definition) is 5. The Morgan fingerprint density at radius 3 is 2.63 bits per heavy atom. The van der Waals surface area contributed by atoms with E-state index in [1.807, 2.05) is 26.0 Å². The summed E-state index contributed by atoms with van der Waals surface area (Å²) in [5.74, 6) is 1.28. The summed E-state index contributed by atoms with van der Waals surface area (Å²) in [4.78, 5) is 11.8. The van der Waals surface area contributed by atoms with Crippen LogP contribution in [0.25, 0.3) is 0 Å². The van der Waals surface area contributed by atoms with Crippen LogP contribution in [0.4, 0.5) is 0 Å². The summed E-state index contributed by atoms with van der Waals surface area (Å²) in [5, 5.41) is 4.40. The first kappa shape index (κ1) is 20.6. The Balaban J connectivity index is 1.85. The van der Waals surface area contributed by atoms with Gasteiger partial charge in [-0.2, -0.15) is 5.10 Å². The Hall–Kier alpha value is -2.73. The van der Waals surface area contributed by atoms with Crippen LogP contribution in [0, 0.1) is 0 Å².